The summed E-state index contributed by atoms with van der Waals surface area (Å²) in [4.78, 5) is 29.1. The Labute approximate surface area is 202 Å². The molecule has 2 aromatic carbocycles. The van der Waals surface area contributed by atoms with Gasteiger partial charge in [-0.2, -0.15) is 0 Å². The summed E-state index contributed by atoms with van der Waals surface area (Å²) >= 11 is 0. The molecule has 0 radical (unpaired) electrons. The van der Waals surface area contributed by atoms with E-state index in [4.69, 9.17) is 9.47 Å². The zero-order valence-corrected chi connectivity index (χ0v) is 19.6. The first kappa shape index (κ1) is 24.1. The van der Waals surface area contributed by atoms with E-state index in [1.807, 2.05) is 37.3 Å². The molecule has 0 aliphatic rings. The highest BCUT2D eigenvalue weighted by molar-refractivity contribution is 5.97. The van der Waals surface area contributed by atoms with Crippen molar-refractivity contribution < 1.29 is 14.4 Å². The standard InChI is InChI=1S/C27H27N3O5/c1-2-3-15-29-26-23(13-8-14-28-26)24(25(27(29)31)30(32)33)21-11-7-12-22(18-21)35-17-16-34-19-20-9-5-4-6-10-20/h4-14,18H,2-3,15-17,19H2,1H3. The van der Waals surface area contributed by atoms with E-state index in [2.05, 4.69) is 4.98 Å². The topological polar surface area (TPSA) is 96.5 Å². The third-order valence-electron chi connectivity index (χ3n) is 5.64. The molecule has 0 bridgehead atoms. The van der Waals surface area contributed by atoms with E-state index < -0.39 is 16.2 Å². The van der Waals surface area contributed by atoms with Gasteiger partial charge in [0.2, 0.25) is 0 Å². The zero-order chi connectivity index (χ0) is 24.6. The summed E-state index contributed by atoms with van der Waals surface area (Å²) < 4.78 is 12.9. The first-order valence-electron chi connectivity index (χ1n) is 11.6. The SMILES string of the molecule is CCCCn1c(=O)c([N+](=O)[O-])c(-c2cccc(OCCOCc3ccccc3)c2)c2cccnc21. The molecule has 0 aliphatic heterocycles. The fraction of sp³-hybridized carbons (Fsp3) is 0.259. The van der Waals surface area contributed by atoms with Crippen LogP contribution in [0, 0.1) is 10.1 Å². The maximum atomic E-state index is 13.2. The second-order valence-electron chi connectivity index (χ2n) is 8.08. The van der Waals surface area contributed by atoms with E-state index in [1.54, 1.807) is 42.6 Å². The van der Waals surface area contributed by atoms with Crippen molar-refractivity contribution in [2.75, 3.05) is 13.2 Å². The number of nitro groups is 1. The Morgan fingerprint density at radius 1 is 1.03 bits per heavy atom. The molecule has 0 aliphatic carbocycles. The molecule has 0 saturated carbocycles. The highest BCUT2D eigenvalue weighted by Gasteiger charge is 2.27. The van der Waals surface area contributed by atoms with Crippen molar-refractivity contribution in [3.8, 4) is 16.9 Å². The van der Waals surface area contributed by atoms with E-state index in [-0.39, 0.29) is 5.56 Å². The van der Waals surface area contributed by atoms with E-state index in [0.717, 1.165) is 18.4 Å². The highest BCUT2D eigenvalue weighted by atomic mass is 16.6. The van der Waals surface area contributed by atoms with Crippen LogP contribution >= 0.6 is 0 Å². The summed E-state index contributed by atoms with van der Waals surface area (Å²) in [7, 11) is 0. The zero-order valence-electron chi connectivity index (χ0n) is 19.6. The maximum Gasteiger partial charge on any atom is 0.342 e. The second kappa shape index (κ2) is 11.4. The number of pyridine rings is 2. The molecule has 0 spiro atoms. The molecule has 0 N–H and O–H groups in total. The lowest BCUT2D eigenvalue weighted by Crippen LogP contribution is -2.25. The first-order valence-corrected chi connectivity index (χ1v) is 11.6. The largest absolute Gasteiger partial charge is 0.491 e. The van der Waals surface area contributed by atoms with E-state index >= 15 is 0 Å². The number of benzene rings is 2. The molecule has 2 heterocycles. The van der Waals surface area contributed by atoms with E-state index in [1.165, 1.54) is 4.57 Å². The fourth-order valence-corrected chi connectivity index (χ4v) is 3.98. The minimum absolute atomic E-state index is 0.252. The molecule has 4 rings (SSSR count). The maximum absolute atomic E-state index is 13.2. The van der Waals surface area contributed by atoms with Gasteiger partial charge in [-0.15, -0.1) is 0 Å². The third kappa shape index (κ3) is 5.55. The lowest BCUT2D eigenvalue weighted by molar-refractivity contribution is -0.385. The number of rotatable bonds is 11. The van der Waals surface area contributed by atoms with Gasteiger partial charge in [0.25, 0.3) is 0 Å². The third-order valence-corrected chi connectivity index (χ3v) is 5.64. The van der Waals surface area contributed by atoms with E-state index in [9.17, 15) is 14.9 Å². The van der Waals surface area contributed by atoms with Crippen LogP contribution in [0.15, 0.2) is 77.7 Å². The molecule has 0 amide bonds. The summed E-state index contributed by atoms with van der Waals surface area (Å²) in [6.45, 7) is 3.57. The summed E-state index contributed by atoms with van der Waals surface area (Å²) in [5.74, 6) is 0.535. The Morgan fingerprint density at radius 2 is 1.86 bits per heavy atom. The molecular weight excluding hydrogens is 446 g/mol. The van der Waals surface area contributed by atoms with Crippen LogP contribution in [0.4, 0.5) is 5.69 Å². The fourth-order valence-electron chi connectivity index (χ4n) is 3.98. The van der Waals surface area contributed by atoms with Crippen LogP contribution in [0.2, 0.25) is 0 Å². The van der Waals surface area contributed by atoms with Crippen molar-refractivity contribution in [1.29, 1.82) is 0 Å². The molecule has 0 unspecified atom stereocenters. The number of aryl methyl sites for hydroxylation is 1. The molecule has 8 heteroatoms. The average Bonchev–Trinajstić information content (AvgIpc) is 2.88. The average molecular weight is 474 g/mol. The van der Waals surface area contributed by atoms with Crippen LogP contribution < -0.4 is 10.3 Å². The van der Waals surface area contributed by atoms with Crippen LogP contribution in [-0.2, 0) is 17.9 Å². The van der Waals surface area contributed by atoms with Gasteiger partial charge in [0, 0.05) is 18.1 Å². The molecule has 35 heavy (non-hydrogen) atoms. The number of ether oxygens (including phenoxy) is 2. The Morgan fingerprint density at radius 3 is 2.63 bits per heavy atom. The number of hydrogen-bond donors (Lipinski definition) is 0. The molecule has 0 saturated heterocycles. The van der Waals surface area contributed by atoms with Crippen molar-refractivity contribution in [3.63, 3.8) is 0 Å². The van der Waals surface area contributed by atoms with Gasteiger partial charge in [-0.05, 0) is 41.8 Å². The number of aromatic nitrogens is 2. The number of hydrogen-bond acceptors (Lipinski definition) is 6. The minimum Gasteiger partial charge on any atom is -0.491 e. The Balaban J connectivity index is 1.61. The number of nitrogens with zero attached hydrogens (tertiary/aromatic N) is 3. The second-order valence-corrected chi connectivity index (χ2v) is 8.08. The van der Waals surface area contributed by atoms with Crippen LogP contribution in [0.25, 0.3) is 22.2 Å². The molecular formula is C27H27N3O5. The van der Waals surface area contributed by atoms with Crippen molar-refractivity contribution in [1.82, 2.24) is 9.55 Å². The van der Waals surface area contributed by atoms with Gasteiger partial charge in [-0.25, -0.2) is 4.98 Å². The van der Waals surface area contributed by atoms with Gasteiger partial charge in [-0.1, -0.05) is 55.8 Å². The Bertz CT molecular complexity index is 1370. The van der Waals surface area contributed by atoms with Crippen LogP contribution in [-0.4, -0.2) is 27.7 Å². The molecule has 0 fully saturated rings. The monoisotopic (exact) mass is 473 g/mol. The Kier molecular flexibility index (Phi) is 7.84. The lowest BCUT2D eigenvalue weighted by atomic mass is 10.0. The predicted octanol–water partition coefficient (Wildman–Crippen LogP) is 5.37. The molecule has 2 aromatic heterocycles. The molecule has 8 nitrogen and oxygen atoms in total. The van der Waals surface area contributed by atoms with Gasteiger partial charge >= 0.3 is 11.2 Å². The normalized spacial score (nSPS) is 11.0. The van der Waals surface area contributed by atoms with Crippen LogP contribution in [0.1, 0.15) is 25.3 Å². The van der Waals surface area contributed by atoms with Crippen molar-refractivity contribution in [3.05, 3.63) is 99.0 Å². The van der Waals surface area contributed by atoms with Gasteiger partial charge in [0.15, 0.2) is 0 Å². The molecule has 180 valence electrons. The first-order chi connectivity index (χ1) is 17.1. The van der Waals surface area contributed by atoms with Crippen molar-refractivity contribution in [2.24, 2.45) is 0 Å². The van der Waals surface area contributed by atoms with Gasteiger partial charge in [0.05, 0.1) is 23.7 Å². The highest BCUT2D eigenvalue weighted by Crippen LogP contribution is 2.35. The summed E-state index contributed by atoms with van der Waals surface area (Å²) in [6.07, 6.45) is 3.16. The van der Waals surface area contributed by atoms with Gasteiger partial charge in [-0.3, -0.25) is 19.5 Å². The van der Waals surface area contributed by atoms with Crippen molar-refractivity contribution >= 4 is 16.7 Å². The van der Waals surface area contributed by atoms with Crippen molar-refractivity contribution in [2.45, 2.75) is 32.9 Å². The summed E-state index contributed by atoms with van der Waals surface area (Å²) in [5.41, 5.74) is 1.19. The van der Waals surface area contributed by atoms with Crippen LogP contribution in [0.5, 0.6) is 5.75 Å². The Hall–Kier alpha value is -4.04. The van der Waals surface area contributed by atoms with Gasteiger partial charge < -0.3 is 9.47 Å². The quantitative estimate of drug-likeness (QED) is 0.165. The number of fused-ring (bicyclic) bond motifs is 1. The lowest BCUT2D eigenvalue weighted by Gasteiger charge is -2.14. The summed E-state index contributed by atoms with van der Waals surface area (Å²) in [6, 6.07) is 20.3. The number of unbranched alkanes of at least 4 members (excludes halogenated alkanes) is 1. The predicted molar refractivity (Wildman–Crippen MR) is 135 cm³/mol. The molecule has 0 atom stereocenters. The van der Waals surface area contributed by atoms with E-state index in [0.29, 0.717) is 48.7 Å². The molecule has 4 aromatic rings. The van der Waals surface area contributed by atoms with Gasteiger partial charge in [0.1, 0.15) is 18.0 Å². The van der Waals surface area contributed by atoms with Crippen LogP contribution in [0.3, 0.4) is 0 Å². The smallest absolute Gasteiger partial charge is 0.342 e. The minimum atomic E-state index is -0.648. The summed E-state index contributed by atoms with van der Waals surface area (Å²) in [5, 5.41) is 12.6.